The van der Waals surface area contributed by atoms with Gasteiger partial charge in [-0.2, -0.15) is 5.26 Å². The Hall–Kier alpha value is -2.54. The molecule has 1 aliphatic carbocycles. The molecule has 2 aliphatic rings. The van der Waals surface area contributed by atoms with E-state index in [0.29, 0.717) is 22.0 Å². The Morgan fingerprint density at radius 2 is 1.82 bits per heavy atom. The van der Waals surface area contributed by atoms with Crippen LogP contribution in [-0.4, -0.2) is 17.2 Å². The van der Waals surface area contributed by atoms with Gasteiger partial charge in [0.25, 0.3) is 0 Å². The minimum Gasteiger partial charge on any atom is -0.343 e. The highest BCUT2D eigenvalue weighted by molar-refractivity contribution is 6.31. The third kappa shape index (κ3) is 4.60. The summed E-state index contributed by atoms with van der Waals surface area (Å²) in [6, 6.07) is 17.7. The summed E-state index contributed by atoms with van der Waals surface area (Å²) in [5.41, 5.74) is 4.91. The second kappa shape index (κ2) is 9.37. The highest BCUT2D eigenvalue weighted by atomic mass is 35.5. The molecule has 0 fully saturated rings. The molecule has 0 radical (unpaired) electrons. The Morgan fingerprint density at radius 3 is 2.45 bits per heavy atom. The standard InChI is InChI=1S/C28H28Cl2N2O/c1-4-5-13-32-23-15-28(2,3)16-24(33)26(23)25(19-7-6-8-21(30)14-19)22(17-31)27(32)18-9-11-20(29)12-10-18/h6-12,14,25H,4-5,13,15-16H2,1-3H3. The van der Waals surface area contributed by atoms with Gasteiger partial charge in [-0.25, -0.2) is 0 Å². The zero-order valence-electron chi connectivity index (χ0n) is 19.3. The number of hydrogen-bond donors (Lipinski definition) is 0. The number of unbranched alkanes of at least 4 members (excludes halogenated alkanes) is 1. The van der Waals surface area contributed by atoms with Crippen LogP contribution in [0.4, 0.5) is 0 Å². The number of allylic oxidation sites excluding steroid dienone is 3. The Morgan fingerprint density at radius 1 is 1.09 bits per heavy atom. The van der Waals surface area contributed by atoms with Crippen molar-refractivity contribution in [3.05, 3.63) is 86.5 Å². The number of rotatable bonds is 5. The van der Waals surface area contributed by atoms with Crippen LogP contribution in [0.15, 0.2) is 65.4 Å². The molecule has 5 heteroatoms. The van der Waals surface area contributed by atoms with Crippen molar-refractivity contribution in [2.45, 2.75) is 52.4 Å². The van der Waals surface area contributed by atoms with Crippen LogP contribution in [0.3, 0.4) is 0 Å². The van der Waals surface area contributed by atoms with Crippen molar-refractivity contribution in [3.8, 4) is 6.07 Å². The predicted molar refractivity (Wildman–Crippen MR) is 135 cm³/mol. The molecule has 2 aromatic rings. The number of carbonyl (C=O) groups is 1. The van der Waals surface area contributed by atoms with Crippen LogP contribution in [-0.2, 0) is 4.79 Å². The summed E-state index contributed by atoms with van der Waals surface area (Å²) in [6.07, 6.45) is 3.23. The minimum absolute atomic E-state index is 0.121. The summed E-state index contributed by atoms with van der Waals surface area (Å²) in [4.78, 5) is 15.9. The molecule has 0 saturated heterocycles. The lowest BCUT2D eigenvalue weighted by Gasteiger charge is -2.45. The number of hydrogen-bond acceptors (Lipinski definition) is 3. The molecular weight excluding hydrogens is 451 g/mol. The molecule has 0 aromatic heterocycles. The van der Waals surface area contributed by atoms with Crippen LogP contribution < -0.4 is 0 Å². The van der Waals surface area contributed by atoms with E-state index in [1.54, 1.807) is 0 Å². The first-order valence-electron chi connectivity index (χ1n) is 11.4. The molecular formula is C28H28Cl2N2O. The second-order valence-corrected chi connectivity index (χ2v) is 10.5. The van der Waals surface area contributed by atoms with Crippen molar-refractivity contribution in [2.24, 2.45) is 5.41 Å². The van der Waals surface area contributed by atoms with Crippen molar-refractivity contribution < 1.29 is 4.79 Å². The quantitative estimate of drug-likeness (QED) is 0.440. The van der Waals surface area contributed by atoms with E-state index in [0.717, 1.165) is 53.9 Å². The zero-order valence-corrected chi connectivity index (χ0v) is 20.8. The molecule has 0 amide bonds. The van der Waals surface area contributed by atoms with Gasteiger partial charge in [0.2, 0.25) is 0 Å². The molecule has 1 heterocycles. The summed E-state index contributed by atoms with van der Waals surface area (Å²) in [5.74, 6) is -0.313. The topological polar surface area (TPSA) is 44.1 Å². The maximum absolute atomic E-state index is 13.6. The lowest BCUT2D eigenvalue weighted by Crippen LogP contribution is -2.39. The van der Waals surface area contributed by atoms with Crippen molar-refractivity contribution in [2.75, 3.05) is 6.54 Å². The van der Waals surface area contributed by atoms with Crippen LogP contribution in [0.2, 0.25) is 10.0 Å². The highest BCUT2D eigenvalue weighted by Gasteiger charge is 2.44. The van der Waals surface area contributed by atoms with Crippen molar-refractivity contribution in [1.82, 2.24) is 4.90 Å². The lowest BCUT2D eigenvalue weighted by molar-refractivity contribution is -0.118. The first kappa shape index (κ1) is 23.6. The minimum atomic E-state index is -0.434. The largest absolute Gasteiger partial charge is 0.343 e. The van der Waals surface area contributed by atoms with E-state index < -0.39 is 5.92 Å². The van der Waals surface area contributed by atoms with Crippen LogP contribution in [0.5, 0.6) is 0 Å². The number of halogens is 2. The van der Waals surface area contributed by atoms with Gasteiger partial charge >= 0.3 is 0 Å². The fourth-order valence-corrected chi connectivity index (χ4v) is 5.38. The SMILES string of the molecule is CCCCN1C2=C(C(=O)CC(C)(C)C2)C(c2cccc(Cl)c2)C(C#N)=C1c1ccc(Cl)cc1. The van der Waals surface area contributed by atoms with Crippen LogP contribution in [0.25, 0.3) is 5.70 Å². The number of ketones is 1. The van der Waals surface area contributed by atoms with E-state index in [1.807, 2.05) is 48.5 Å². The maximum atomic E-state index is 13.6. The number of nitriles is 1. The van der Waals surface area contributed by atoms with Crippen LogP contribution in [0, 0.1) is 16.7 Å². The molecule has 0 saturated carbocycles. The van der Waals surface area contributed by atoms with Gasteiger partial charge in [0.15, 0.2) is 5.78 Å². The van der Waals surface area contributed by atoms with Gasteiger partial charge < -0.3 is 4.90 Å². The summed E-state index contributed by atoms with van der Waals surface area (Å²) in [7, 11) is 0. The van der Waals surface area contributed by atoms with Gasteiger partial charge in [0.05, 0.1) is 23.3 Å². The van der Waals surface area contributed by atoms with E-state index in [1.165, 1.54) is 0 Å². The molecule has 0 spiro atoms. The Labute approximate surface area is 206 Å². The molecule has 170 valence electrons. The summed E-state index contributed by atoms with van der Waals surface area (Å²) >= 11 is 12.5. The Balaban J connectivity index is 2.03. The van der Waals surface area contributed by atoms with Gasteiger partial charge in [-0.15, -0.1) is 0 Å². The number of benzene rings is 2. The van der Waals surface area contributed by atoms with E-state index in [2.05, 4.69) is 31.7 Å². The first-order chi connectivity index (χ1) is 15.8. The predicted octanol–water partition coefficient (Wildman–Crippen LogP) is 7.77. The lowest BCUT2D eigenvalue weighted by atomic mass is 9.68. The molecule has 0 bridgehead atoms. The average molecular weight is 479 g/mol. The van der Waals surface area contributed by atoms with Gasteiger partial charge in [0.1, 0.15) is 0 Å². The van der Waals surface area contributed by atoms with Crippen LogP contribution >= 0.6 is 23.2 Å². The van der Waals surface area contributed by atoms with E-state index in [-0.39, 0.29) is 11.2 Å². The zero-order chi connectivity index (χ0) is 23.8. The van der Waals surface area contributed by atoms with Crippen LogP contribution in [0.1, 0.15) is 63.5 Å². The Kier molecular flexibility index (Phi) is 6.71. The smallest absolute Gasteiger partial charge is 0.162 e. The van der Waals surface area contributed by atoms with Gasteiger partial charge in [0, 0.05) is 34.3 Å². The average Bonchev–Trinajstić information content (AvgIpc) is 2.76. The molecule has 2 aromatic carbocycles. The van der Waals surface area contributed by atoms with Gasteiger partial charge in [-0.3, -0.25) is 4.79 Å². The fraction of sp³-hybridized carbons (Fsp3) is 0.357. The second-order valence-electron chi connectivity index (χ2n) is 9.68. The third-order valence-corrected chi connectivity index (χ3v) is 6.97. The normalized spacial score (nSPS) is 20.1. The van der Waals surface area contributed by atoms with E-state index >= 15 is 0 Å². The monoisotopic (exact) mass is 478 g/mol. The molecule has 0 N–H and O–H groups in total. The molecule has 1 aliphatic heterocycles. The Bertz CT molecular complexity index is 1190. The van der Waals surface area contributed by atoms with Crippen molar-refractivity contribution >= 4 is 34.7 Å². The summed E-state index contributed by atoms with van der Waals surface area (Å²) in [6.45, 7) is 7.20. The van der Waals surface area contributed by atoms with E-state index in [9.17, 15) is 10.1 Å². The maximum Gasteiger partial charge on any atom is 0.162 e. The molecule has 1 atom stereocenters. The molecule has 3 nitrogen and oxygen atoms in total. The van der Waals surface area contributed by atoms with Gasteiger partial charge in [-0.05, 0) is 53.6 Å². The van der Waals surface area contributed by atoms with Gasteiger partial charge in [-0.1, -0.05) is 74.7 Å². The summed E-state index contributed by atoms with van der Waals surface area (Å²) in [5, 5.41) is 11.7. The number of nitrogens with zero attached hydrogens (tertiary/aromatic N) is 2. The molecule has 4 rings (SSSR count). The third-order valence-electron chi connectivity index (χ3n) is 6.48. The molecule has 33 heavy (non-hydrogen) atoms. The first-order valence-corrected chi connectivity index (χ1v) is 12.2. The number of Topliss-reactive ketones (excluding diaryl/α,β-unsaturated/α-hetero) is 1. The summed E-state index contributed by atoms with van der Waals surface area (Å²) < 4.78 is 0. The molecule has 1 unspecified atom stereocenters. The van der Waals surface area contributed by atoms with E-state index in [4.69, 9.17) is 23.2 Å². The highest BCUT2D eigenvalue weighted by Crippen LogP contribution is 2.52. The van der Waals surface area contributed by atoms with Crippen molar-refractivity contribution in [1.29, 1.82) is 5.26 Å². The van der Waals surface area contributed by atoms with Crippen molar-refractivity contribution in [3.63, 3.8) is 0 Å². The fourth-order valence-electron chi connectivity index (χ4n) is 5.05. The number of carbonyl (C=O) groups excluding carboxylic acids is 1.